The molecule has 0 rings (SSSR count). The fraction of sp³-hybridized carbons (Fsp3) is 1.00. The number of hydrogen-bond donors (Lipinski definition) is 0. The Morgan fingerprint density at radius 2 is 0.432 bits per heavy atom. The molecule has 0 amide bonds. The van der Waals surface area contributed by atoms with Crippen molar-refractivity contribution in [1.82, 2.24) is 0 Å². The van der Waals surface area contributed by atoms with E-state index in [1.807, 2.05) is 0 Å². The molecule has 0 aromatic rings. The van der Waals surface area contributed by atoms with E-state index in [1.54, 1.807) is 0 Å². The minimum Gasteiger partial charge on any atom is -1.00 e. The van der Waals surface area contributed by atoms with Gasteiger partial charge in [-0.1, -0.05) is 174 Å². The highest BCUT2D eigenvalue weighted by Crippen LogP contribution is 2.16. The molecule has 1 nitrogen and oxygen atoms in total. The van der Waals surface area contributed by atoms with Crippen molar-refractivity contribution in [3.05, 3.63) is 0 Å². The summed E-state index contributed by atoms with van der Waals surface area (Å²) in [6.07, 6.45) is 42.4. The van der Waals surface area contributed by atoms with E-state index in [9.17, 15) is 0 Å². The van der Waals surface area contributed by atoms with E-state index in [1.165, 1.54) is 204 Å². The quantitative estimate of drug-likeness (QED) is 0.0405. The topological polar surface area (TPSA) is 0 Å². The Kier molecular flexibility index (Phi) is 35.4. The van der Waals surface area contributed by atoms with Gasteiger partial charge in [-0.05, 0) is 25.7 Å². The standard InChI is InChI=1S/C35H74N.HI/c1-5-7-9-11-13-15-17-19-21-23-25-27-29-31-33-35-36(3,4)34-32-30-28-26-24-22-20-18-16-14-12-10-8-6-2;/h5-35H2,1-4H3;1H/q+1;/p-1. The van der Waals surface area contributed by atoms with Gasteiger partial charge in [0.05, 0.1) is 27.2 Å². The van der Waals surface area contributed by atoms with Gasteiger partial charge in [0.25, 0.3) is 0 Å². The molecule has 37 heavy (non-hydrogen) atoms. The van der Waals surface area contributed by atoms with E-state index in [-0.39, 0.29) is 24.0 Å². The summed E-state index contributed by atoms with van der Waals surface area (Å²) in [5.74, 6) is 0. The van der Waals surface area contributed by atoms with Crippen LogP contribution in [0.15, 0.2) is 0 Å². The molecule has 226 valence electrons. The van der Waals surface area contributed by atoms with Crippen molar-refractivity contribution in [2.75, 3.05) is 27.2 Å². The normalized spacial score (nSPS) is 11.7. The highest BCUT2D eigenvalue weighted by Gasteiger charge is 2.13. The highest BCUT2D eigenvalue weighted by molar-refractivity contribution is 4.51. The maximum atomic E-state index is 2.46. The Morgan fingerprint density at radius 3 is 0.622 bits per heavy atom. The molecular weight excluding hydrogens is 561 g/mol. The molecule has 2 heteroatoms. The van der Waals surface area contributed by atoms with Gasteiger partial charge < -0.3 is 28.5 Å². The fourth-order valence-electron chi connectivity index (χ4n) is 5.76. The molecule has 0 aromatic heterocycles. The van der Waals surface area contributed by atoms with E-state index in [2.05, 4.69) is 27.9 Å². The largest absolute Gasteiger partial charge is 1.00 e. The molecule has 0 aliphatic rings. The van der Waals surface area contributed by atoms with Crippen LogP contribution >= 0.6 is 0 Å². The van der Waals surface area contributed by atoms with Crippen LogP contribution < -0.4 is 24.0 Å². The summed E-state index contributed by atoms with van der Waals surface area (Å²) in [4.78, 5) is 0. The second-order valence-electron chi connectivity index (χ2n) is 12.9. The van der Waals surface area contributed by atoms with E-state index < -0.39 is 0 Å². The third kappa shape index (κ3) is 34.7. The molecule has 0 saturated heterocycles. The van der Waals surface area contributed by atoms with Crippen molar-refractivity contribution in [1.29, 1.82) is 0 Å². The van der Waals surface area contributed by atoms with Gasteiger partial charge in [-0.15, -0.1) is 0 Å². The third-order valence-electron chi connectivity index (χ3n) is 8.48. The van der Waals surface area contributed by atoms with Gasteiger partial charge >= 0.3 is 0 Å². The monoisotopic (exact) mass is 635 g/mol. The van der Waals surface area contributed by atoms with Crippen LogP contribution in [0, 0.1) is 0 Å². The average Bonchev–Trinajstić information content (AvgIpc) is 2.86. The molecule has 0 heterocycles. The zero-order valence-electron chi connectivity index (χ0n) is 26.7. The Hall–Kier alpha value is 0.690. The summed E-state index contributed by atoms with van der Waals surface area (Å²) in [6, 6.07) is 0. The van der Waals surface area contributed by atoms with Gasteiger partial charge in [-0.3, -0.25) is 0 Å². The molecule has 0 atom stereocenters. The number of unbranched alkanes of at least 4 members (excludes halogenated alkanes) is 27. The van der Waals surface area contributed by atoms with Crippen molar-refractivity contribution in [3.8, 4) is 0 Å². The van der Waals surface area contributed by atoms with E-state index in [0.717, 1.165) is 0 Å². The van der Waals surface area contributed by atoms with Gasteiger partial charge in [0.15, 0.2) is 0 Å². The average molecular weight is 636 g/mol. The Labute approximate surface area is 254 Å². The van der Waals surface area contributed by atoms with Gasteiger partial charge in [0.1, 0.15) is 0 Å². The summed E-state index contributed by atoms with van der Waals surface area (Å²) in [6.45, 7) is 7.39. The van der Waals surface area contributed by atoms with Crippen molar-refractivity contribution < 1.29 is 28.5 Å². The molecule has 0 aliphatic carbocycles. The van der Waals surface area contributed by atoms with Gasteiger partial charge in [0, 0.05) is 0 Å². The van der Waals surface area contributed by atoms with Gasteiger partial charge in [0.2, 0.25) is 0 Å². The lowest BCUT2D eigenvalue weighted by atomic mass is 10.0. The Balaban J connectivity index is 0. The molecule has 0 saturated carbocycles. The minimum absolute atomic E-state index is 0. The molecule has 0 radical (unpaired) electrons. The molecule has 0 bridgehead atoms. The number of quaternary nitrogens is 1. The van der Waals surface area contributed by atoms with Crippen LogP contribution in [0.1, 0.15) is 200 Å². The summed E-state index contributed by atoms with van der Waals surface area (Å²) in [7, 11) is 4.93. The van der Waals surface area contributed by atoms with Gasteiger partial charge in [-0.25, -0.2) is 0 Å². The van der Waals surface area contributed by atoms with Crippen LogP contribution in [-0.2, 0) is 0 Å². The maximum absolute atomic E-state index is 2.46. The fourth-order valence-corrected chi connectivity index (χ4v) is 5.76. The van der Waals surface area contributed by atoms with Gasteiger partial charge in [-0.2, -0.15) is 0 Å². The predicted octanol–water partition coefficient (Wildman–Crippen LogP) is 9.42. The first-order valence-corrected chi connectivity index (χ1v) is 17.4. The van der Waals surface area contributed by atoms with Crippen LogP contribution in [0.4, 0.5) is 0 Å². The first kappa shape index (κ1) is 39.8. The van der Waals surface area contributed by atoms with Crippen LogP contribution in [0.3, 0.4) is 0 Å². The van der Waals surface area contributed by atoms with Crippen molar-refractivity contribution in [2.24, 2.45) is 0 Å². The number of hydrogen-bond acceptors (Lipinski definition) is 0. The van der Waals surface area contributed by atoms with E-state index >= 15 is 0 Å². The summed E-state index contributed by atoms with van der Waals surface area (Å²) in [5, 5.41) is 0. The first-order valence-electron chi connectivity index (χ1n) is 17.4. The zero-order chi connectivity index (χ0) is 26.4. The summed E-state index contributed by atoms with van der Waals surface area (Å²) < 4.78 is 1.25. The predicted molar refractivity (Wildman–Crippen MR) is 167 cm³/mol. The van der Waals surface area contributed by atoms with E-state index in [0.29, 0.717) is 0 Å². The van der Waals surface area contributed by atoms with Crippen molar-refractivity contribution in [3.63, 3.8) is 0 Å². The maximum Gasteiger partial charge on any atom is 0.0782 e. The minimum atomic E-state index is 0. The molecule has 0 spiro atoms. The third-order valence-corrected chi connectivity index (χ3v) is 8.48. The molecule has 0 aliphatic heterocycles. The first-order chi connectivity index (χ1) is 17.6. The number of halogens is 1. The molecule has 0 aromatic carbocycles. The molecule has 0 unspecified atom stereocenters. The molecule has 0 fully saturated rings. The van der Waals surface area contributed by atoms with Crippen LogP contribution in [0.2, 0.25) is 0 Å². The number of nitrogens with zero attached hydrogens (tertiary/aromatic N) is 1. The lowest BCUT2D eigenvalue weighted by Gasteiger charge is -2.30. The Bertz CT molecular complexity index is 395. The number of rotatable bonds is 31. The lowest BCUT2D eigenvalue weighted by Crippen LogP contribution is -3.00. The second-order valence-corrected chi connectivity index (χ2v) is 12.9. The summed E-state index contributed by atoms with van der Waals surface area (Å²) in [5.41, 5.74) is 0. The summed E-state index contributed by atoms with van der Waals surface area (Å²) >= 11 is 0. The smallest absolute Gasteiger partial charge is 0.0782 e. The Morgan fingerprint density at radius 1 is 0.270 bits per heavy atom. The molecule has 0 N–H and O–H groups in total. The van der Waals surface area contributed by atoms with E-state index in [4.69, 9.17) is 0 Å². The zero-order valence-corrected chi connectivity index (χ0v) is 28.9. The highest BCUT2D eigenvalue weighted by atomic mass is 127. The van der Waals surface area contributed by atoms with Crippen LogP contribution in [0.5, 0.6) is 0 Å². The van der Waals surface area contributed by atoms with Crippen molar-refractivity contribution >= 4 is 0 Å². The lowest BCUT2D eigenvalue weighted by molar-refractivity contribution is -0.890. The van der Waals surface area contributed by atoms with Crippen molar-refractivity contribution in [2.45, 2.75) is 200 Å². The van der Waals surface area contributed by atoms with Crippen LogP contribution in [0.25, 0.3) is 0 Å². The SMILES string of the molecule is CCCCCCCCCCCCCCCCC[N+](C)(C)CCCCCCCCCCCCCCCC.[I-]. The molecular formula is C35H74IN. The second kappa shape index (κ2) is 32.9. The van der Waals surface area contributed by atoms with Crippen LogP contribution in [-0.4, -0.2) is 31.7 Å².